The zero-order chi connectivity index (χ0) is 23.8. The molecule has 1 atom stereocenters. The largest absolute Gasteiger partial charge is 0.336 e. The van der Waals surface area contributed by atoms with Crippen LogP contribution >= 0.6 is 23.8 Å². The Morgan fingerprint density at radius 3 is 2.56 bits per heavy atom. The van der Waals surface area contributed by atoms with Gasteiger partial charge < -0.3 is 9.84 Å². The van der Waals surface area contributed by atoms with Gasteiger partial charge in [0.25, 0.3) is 11.8 Å². The van der Waals surface area contributed by atoms with Crippen molar-refractivity contribution in [3.05, 3.63) is 62.8 Å². The van der Waals surface area contributed by atoms with Crippen LogP contribution < -0.4 is 10.0 Å². The molecule has 1 unspecified atom stereocenters. The van der Waals surface area contributed by atoms with E-state index < -0.39 is 21.2 Å². The van der Waals surface area contributed by atoms with Gasteiger partial charge in [0.1, 0.15) is 22.0 Å². The van der Waals surface area contributed by atoms with E-state index in [0.717, 1.165) is 11.1 Å². The minimum atomic E-state index is -4.14. The van der Waals surface area contributed by atoms with Crippen molar-refractivity contribution in [3.8, 4) is 6.07 Å². The number of sulfonamides is 1. The molecule has 8 nitrogen and oxygen atoms in total. The van der Waals surface area contributed by atoms with Crippen LogP contribution in [-0.4, -0.2) is 29.6 Å². The molecule has 0 bridgehead atoms. The fourth-order valence-electron chi connectivity index (χ4n) is 3.19. The average Bonchev–Trinajstić information content (AvgIpc) is 3.03. The van der Waals surface area contributed by atoms with E-state index in [1.165, 1.54) is 18.2 Å². The third kappa shape index (κ3) is 4.32. The van der Waals surface area contributed by atoms with E-state index in [-0.39, 0.29) is 21.3 Å². The van der Waals surface area contributed by atoms with Gasteiger partial charge in [0.05, 0.1) is 21.7 Å². The van der Waals surface area contributed by atoms with Crippen LogP contribution in [0.5, 0.6) is 0 Å². The Kier molecular flexibility index (Phi) is 6.55. The lowest BCUT2D eigenvalue weighted by atomic mass is 9.97. The number of anilines is 2. The predicted octanol–water partition coefficient (Wildman–Crippen LogP) is 4.05. The van der Waals surface area contributed by atoms with Gasteiger partial charge in [0.15, 0.2) is 0 Å². The molecule has 2 aromatic rings. The highest BCUT2D eigenvalue weighted by Crippen LogP contribution is 2.30. The van der Waals surface area contributed by atoms with Gasteiger partial charge in [-0.3, -0.25) is 4.79 Å². The quantitative estimate of drug-likeness (QED) is 0.605. The molecule has 1 heterocycles. The van der Waals surface area contributed by atoms with E-state index in [9.17, 15) is 18.5 Å². The molecule has 0 fully saturated rings. The number of halogens is 1. The van der Waals surface area contributed by atoms with Crippen molar-refractivity contribution >= 4 is 56.2 Å². The fraction of sp³-hybridized carbons (Fsp3) is 0.238. The maximum Gasteiger partial charge on any atom is 0.257 e. The molecule has 0 saturated carbocycles. The maximum atomic E-state index is 13.0. The lowest BCUT2D eigenvalue weighted by molar-refractivity contribution is -0.112. The number of thiocarbonyl (C=S) groups is 1. The summed E-state index contributed by atoms with van der Waals surface area (Å²) >= 11 is 11.3. The van der Waals surface area contributed by atoms with Crippen molar-refractivity contribution in [2.24, 2.45) is 0 Å². The van der Waals surface area contributed by atoms with Crippen LogP contribution in [0, 0.1) is 39.0 Å². The molecule has 166 valence electrons. The van der Waals surface area contributed by atoms with Crippen molar-refractivity contribution in [2.45, 2.75) is 32.9 Å². The van der Waals surface area contributed by atoms with Crippen LogP contribution in [0.15, 0.2) is 34.4 Å². The summed E-state index contributed by atoms with van der Waals surface area (Å²) in [5.41, 5.74) is 3.40. The van der Waals surface area contributed by atoms with E-state index in [4.69, 9.17) is 28.3 Å². The smallest absolute Gasteiger partial charge is 0.257 e. The number of carbonyl (C=O) groups is 1. The molecule has 0 aliphatic heterocycles. The number of amides is 1. The third-order valence-corrected chi connectivity index (χ3v) is 7.67. The van der Waals surface area contributed by atoms with Crippen molar-refractivity contribution in [3.63, 3.8) is 0 Å². The number of allylic oxidation sites excluding steroid dienone is 2. The van der Waals surface area contributed by atoms with Crippen LogP contribution in [0.1, 0.15) is 27.9 Å². The molecule has 0 spiro atoms. The topological polar surface area (TPSA) is 125 Å². The Morgan fingerprint density at radius 1 is 1.28 bits per heavy atom. The van der Waals surface area contributed by atoms with Gasteiger partial charge in [-0.05, 0) is 50.5 Å². The summed E-state index contributed by atoms with van der Waals surface area (Å²) in [6, 6.07) is 3.98. The van der Waals surface area contributed by atoms with Crippen molar-refractivity contribution in [2.75, 3.05) is 10.0 Å². The number of hydrogen-bond acceptors (Lipinski definition) is 7. The van der Waals surface area contributed by atoms with Crippen molar-refractivity contribution in [1.29, 1.82) is 5.26 Å². The molecule has 1 amide bonds. The lowest BCUT2D eigenvalue weighted by Crippen LogP contribution is -2.37. The maximum absolute atomic E-state index is 13.0. The van der Waals surface area contributed by atoms with Gasteiger partial charge in [-0.1, -0.05) is 47.2 Å². The first-order valence-electron chi connectivity index (χ1n) is 9.36. The molecular formula is C21H19ClN4O4S2. The van der Waals surface area contributed by atoms with Crippen LogP contribution in [0.3, 0.4) is 0 Å². The van der Waals surface area contributed by atoms with E-state index in [1.807, 2.05) is 13.0 Å². The lowest BCUT2D eigenvalue weighted by Gasteiger charge is -2.21. The summed E-state index contributed by atoms with van der Waals surface area (Å²) in [5.74, 6) is -0.846. The average molecular weight is 491 g/mol. The Bertz CT molecular complexity index is 1350. The summed E-state index contributed by atoms with van der Waals surface area (Å²) in [5, 5.41) is 14.6. The SMILES string of the molecule is Cc1cc(C)c(NC(=O)C2=CC=CC(S(=O)(=O)Nc3onc(C)c3Cl)C2=S)c(C#N)c1C. The van der Waals surface area contributed by atoms with E-state index >= 15 is 0 Å². The van der Waals surface area contributed by atoms with Gasteiger partial charge >= 0.3 is 0 Å². The molecule has 3 rings (SSSR count). The van der Waals surface area contributed by atoms with E-state index in [0.29, 0.717) is 22.5 Å². The van der Waals surface area contributed by atoms with Crippen LogP contribution in [0.4, 0.5) is 11.6 Å². The molecule has 32 heavy (non-hydrogen) atoms. The number of aryl methyl sites for hydroxylation is 3. The van der Waals surface area contributed by atoms with Gasteiger partial charge in [-0.2, -0.15) is 5.26 Å². The monoisotopic (exact) mass is 490 g/mol. The Morgan fingerprint density at radius 2 is 1.97 bits per heavy atom. The molecule has 0 radical (unpaired) electrons. The zero-order valence-electron chi connectivity index (χ0n) is 17.6. The number of benzene rings is 1. The first-order valence-corrected chi connectivity index (χ1v) is 11.7. The number of nitrogens with one attached hydrogen (secondary N) is 2. The standard InChI is InChI=1S/C21H19ClN4O4S2/c1-10-8-11(2)18(15(9-23)12(10)3)24-20(27)14-6-5-7-16(19(14)31)32(28,29)26-21-17(22)13(4)25-30-21/h5-8,16,26H,1-4H3,(H,24,27). The Labute approximate surface area is 196 Å². The second kappa shape index (κ2) is 8.86. The summed E-state index contributed by atoms with van der Waals surface area (Å²) in [6.45, 7) is 7.00. The highest BCUT2D eigenvalue weighted by atomic mass is 35.5. The van der Waals surface area contributed by atoms with E-state index in [2.05, 4.69) is 21.3 Å². The fourth-order valence-corrected chi connectivity index (χ4v) is 5.21. The molecule has 1 aromatic heterocycles. The second-order valence-corrected chi connectivity index (χ2v) is 9.88. The second-order valence-electron chi connectivity index (χ2n) is 7.26. The van der Waals surface area contributed by atoms with Gasteiger partial charge in [0.2, 0.25) is 10.0 Å². The molecule has 1 aliphatic rings. The number of hydrogen-bond donors (Lipinski definition) is 2. The first kappa shape index (κ1) is 23.7. The minimum Gasteiger partial charge on any atom is -0.336 e. The highest BCUT2D eigenvalue weighted by molar-refractivity contribution is 7.96. The molecule has 1 aromatic carbocycles. The molecule has 0 saturated heterocycles. The van der Waals surface area contributed by atoms with Crippen LogP contribution in [-0.2, 0) is 14.8 Å². The van der Waals surface area contributed by atoms with Crippen molar-refractivity contribution < 1.29 is 17.7 Å². The minimum absolute atomic E-state index is 0.000703. The number of rotatable bonds is 5. The molecule has 2 N–H and O–H groups in total. The van der Waals surface area contributed by atoms with Crippen LogP contribution in [0.2, 0.25) is 5.02 Å². The zero-order valence-corrected chi connectivity index (χ0v) is 20.0. The third-order valence-electron chi connectivity index (χ3n) is 5.07. The molecular weight excluding hydrogens is 472 g/mol. The van der Waals surface area contributed by atoms with Crippen LogP contribution in [0.25, 0.3) is 0 Å². The number of aromatic nitrogens is 1. The normalized spacial score (nSPS) is 15.8. The highest BCUT2D eigenvalue weighted by Gasteiger charge is 2.35. The predicted molar refractivity (Wildman–Crippen MR) is 126 cm³/mol. The Hall–Kier alpha value is -3.00. The van der Waals surface area contributed by atoms with Crippen molar-refractivity contribution in [1.82, 2.24) is 5.16 Å². The molecule has 11 heteroatoms. The summed E-state index contributed by atoms with van der Waals surface area (Å²) < 4.78 is 32.9. The van der Waals surface area contributed by atoms with Gasteiger partial charge in [-0.25, -0.2) is 13.1 Å². The number of carbonyl (C=O) groups excluding carboxylic acids is 1. The first-order chi connectivity index (χ1) is 15.0. The van der Waals surface area contributed by atoms with Gasteiger partial charge in [0, 0.05) is 0 Å². The van der Waals surface area contributed by atoms with Gasteiger partial charge in [-0.15, -0.1) is 0 Å². The summed E-state index contributed by atoms with van der Waals surface area (Å²) in [4.78, 5) is 12.9. The number of nitrogens with zero attached hydrogens (tertiary/aromatic N) is 2. The summed E-state index contributed by atoms with van der Waals surface area (Å²) in [6.07, 6.45) is 4.21. The Balaban J connectivity index is 1.88. The summed E-state index contributed by atoms with van der Waals surface area (Å²) in [7, 11) is -4.14. The number of nitriles is 1. The molecule has 1 aliphatic carbocycles. The van der Waals surface area contributed by atoms with E-state index in [1.54, 1.807) is 20.8 Å².